The number of aryl methyl sites for hydroxylation is 3. The van der Waals surface area contributed by atoms with Crippen molar-refractivity contribution in [1.82, 2.24) is 10.2 Å². The van der Waals surface area contributed by atoms with Crippen LogP contribution in [0.15, 0.2) is 114 Å². The Bertz CT molecular complexity index is 1530. The summed E-state index contributed by atoms with van der Waals surface area (Å²) in [6.07, 6.45) is 16.4. The number of nitrogens with zero attached hydrogens (tertiary/aromatic N) is 2. The smallest absolute Gasteiger partial charge is 0.294 e. The molecule has 4 aromatic rings. The van der Waals surface area contributed by atoms with Crippen LogP contribution in [-0.4, -0.2) is 28.7 Å². The monoisotopic (exact) mass is 659 g/mol. The first-order chi connectivity index (χ1) is 21.7. The summed E-state index contributed by atoms with van der Waals surface area (Å²) >= 11 is 0. The Morgan fingerprint density at radius 1 is 1.00 bits per heavy atom. The van der Waals surface area contributed by atoms with E-state index in [-0.39, 0.29) is 64.6 Å². The van der Waals surface area contributed by atoms with E-state index in [1.807, 2.05) is 51.4 Å². The van der Waals surface area contributed by atoms with Gasteiger partial charge in [0.1, 0.15) is 0 Å². The second-order valence-corrected chi connectivity index (χ2v) is 10.6. The number of benzene rings is 3. The van der Waals surface area contributed by atoms with Crippen LogP contribution in [0.1, 0.15) is 95.5 Å². The van der Waals surface area contributed by atoms with Crippen molar-refractivity contribution in [2.24, 2.45) is 4.99 Å². The molecule has 4 rings (SSSR count). The average molecular weight is 660 g/mol. The van der Waals surface area contributed by atoms with Crippen LogP contribution < -0.4 is 51.4 Å². The molecule has 47 heavy (non-hydrogen) atoms. The van der Waals surface area contributed by atoms with Gasteiger partial charge in [-0.05, 0) is 55.7 Å². The first-order valence-electron chi connectivity index (χ1n) is 16.1. The number of Topliss-reactive ketones (excluding diaryl/α,β-unsaturated/α-hetero) is 1. The molecule has 1 aromatic heterocycles. The molecule has 0 saturated carbocycles. The summed E-state index contributed by atoms with van der Waals surface area (Å²) < 4.78 is 0. The number of hydrogen-bond acceptors (Lipinski definition) is 3. The molecule has 0 radical (unpaired) electrons. The Hall–Kier alpha value is -2.80. The van der Waals surface area contributed by atoms with E-state index >= 15 is 0 Å². The zero-order valence-electron chi connectivity index (χ0n) is 29.9. The van der Waals surface area contributed by atoms with Crippen LogP contribution in [-0.2, 0) is 11.2 Å². The van der Waals surface area contributed by atoms with Crippen LogP contribution in [0, 0.1) is 20.3 Å². The summed E-state index contributed by atoms with van der Waals surface area (Å²) in [6, 6.07) is 23.2. The van der Waals surface area contributed by atoms with Crippen LogP contribution in [0.25, 0.3) is 10.9 Å². The van der Waals surface area contributed by atoms with E-state index < -0.39 is 0 Å². The molecule has 0 bridgehead atoms. The Labute approximate surface area is 329 Å². The van der Waals surface area contributed by atoms with Crippen LogP contribution >= 0.6 is 0 Å². The molecule has 0 spiro atoms. The largest absolute Gasteiger partial charge is 1.00 e. The van der Waals surface area contributed by atoms with E-state index in [0.29, 0.717) is 12.0 Å². The summed E-state index contributed by atoms with van der Waals surface area (Å²) in [7, 11) is 1.82. The molecule has 4 nitrogen and oxygen atoms in total. The predicted molar refractivity (Wildman–Crippen MR) is 204 cm³/mol. The predicted octanol–water partition coefficient (Wildman–Crippen LogP) is 8.59. The van der Waals surface area contributed by atoms with Crippen molar-refractivity contribution >= 4 is 22.4 Å². The van der Waals surface area contributed by atoms with Crippen molar-refractivity contribution in [3.05, 3.63) is 144 Å². The molecule has 0 atom stereocenters. The van der Waals surface area contributed by atoms with Gasteiger partial charge in [-0.1, -0.05) is 139 Å². The van der Waals surface area contributed by atoms with E-state index in [4.69, 9.17) is 0 Å². The molecule has 0 fully saturated rings. The number of hydrogen-bond donors (Lipinski definition) is 1. The Kier molecular flexibility index (Phi) is 27.8. The number of aromatic amines is 1. The van der Waals surface area contributed by atoms with Gasteiger partial charge in [-0.2, -0.15) is 29.2 Å². The molecule has 0 aliphatic carbocycles. The maximum absolute atomic E-state index is 11.2. The molecular formula is C42H58KN3O. The first kappa shape index (κ1) is 46.3. The molecule has 3 aromatic carbocycles. The fourth-order valence-corrected chi connectivity index (χ4v) is 4.27. The second-order valence-electron chi connectivity index (χ2n) is 10.6. The topological polar surface area (TPSA) is 58.1 Å². The maximum Gasteiger partial charge on any atom is 1.00 e. The zero-order valence-corrected chi connectivity index (χ0v) is 33.0. The van der Waals surface area contributed by atoms with Crippen molar-refractivity contribution in [3.63, 3.8) is 0 Å². The Morgan fingerprint density at radius 2 is 1.72 bits per heavy atom. The van der Waals surface area contributed by atoms with Gasteiger partial charge in [0.05, 0.1) is 0 Å². The van der Waals surface area contributed by atoms with Crippen molar-refractivity contribution in [1.29, 1.82) is 0 Å². The van der Waals surface area contributed by atoms with Crippen LogP contribution in [0.5, 0.6) is 0 Å². The second kappa shape index (κ2) is 28.2. The molecular weight excluding hydrogens is 602 g/mol. The normalized spacial score (nSPS) is 10.6. The molecule has 5 heteroatoms. The van der Waals surface area contributed by atoms with Crippen molar-refractivity contribution in [3.8, 4) is 0 Å². The molecule has 0 amide bonds. The van der Waals surface area contributed by atoms with Gasteiger partial charge in [-0.3, -0.25) is 14.9 Å². The molecule has 0 aliphatic heterocycles. The summed E-state index contributed by atoms with van der Waals surface area (Å²) in [4.78, 5) is 15.4. The number of unbranched alkanes of at least 4 members (excludes halogenated alkanes) is 1. The minimum Gasteiger partial charge on any atom is -0.294 e. The Morgan fingerprint density at radius 3 is 2.28 bits per heavy atom. The number of carbonyl (C=O) groups excluding carboxylic acids is 1. The van der Waals surface area contributed by atoms with E-state index in [9.17, 15) is 4.79 Å². The number of nitrogens with one attached hydrogen (secondary N) is 1. The van der Waals surface area contributed by atoms with Crippen molar-refractivity contribution in [2.45, 2.75) is 88.0 Å². The number of ketones is 1. The van der Waals surface area contributed by atoms with Crippen LogP contribution in [0.2, 0.25) is 0 Å². The zero-order chi connectivity index (χ0) is 33.5. The number of carbonyl (C=O) groups is 1. The van der Waals surface area contributed by atoms with Crippen LogP contribution in [0.4, 0.5) is 0 Å². The Balaban J connectivity index is 0. The van der Waals surface area contributed by atoms with Gasteiger partial charge in [0, 0.05) is 36.5 Å². The number of fused-ring (bicyclic) bond motifs is 1. The SMILES string of the molecule is C.C=C/C(=C\C=C/CCC)C(=O)CC.CC[CH-]c1ccc2[nH]ncc2c1.CCc1cccc(C)c1.CN=C(C)c1ccccc1C.[K+]. The first-order valence-corrected chi connectivity index (χ1v) is 16.1. The van der Waals surface area contributed by atoms with E-state index in [2.05, 4.69) is 123 Å². The van der Waals surface area contributed by atoms with Crippen molar-refractivity contribution in [2.75, 3.05) is 7.05 Å². The standard InChI is InChI=1S/C12H18O.C10H11N2.C10H13N.C9H12.CH4.K/c1-4-7-8-9-10-11(5-2)12(13)6-3;1-2-3-8-4-5-10-9(6-8)7-11-12-10;1-8-6-4-5-7-10(8)9(2)11-3;1-3-9-6-4-5-8(2)7-9;;/h5,8-10H,2,4,6-7H2,1,3H3;3-7H,2H2,1H3,(H,11,12);4-7H,1-3H3;4-7H,3H2,1-2H3;1H4;/q;-1;;;;+1/b9-8-,11-10+;;;;;. The fourth-order valence-electron chi connectivity index (χ4n) is 4.27. The summed E-state index contributed by atoms with van der Waals surface area (Å²) in [6.45, 7) is 18.2. The molecule has 1 N–H and O–H groups in total. The number of allylic oxidation sites excluding steroid dienone is 5. The molecule has 0 aliphatic rings. The summed E-state index contributed by atoms with van der Waals surface area (Å²) in [5, 5.41) is 8.07. The van der Waals surface area contributed by atoms with Crippen LogP contribution in [0.3, 0.4) is 0 Å². The number of rotatable bonds is 10. The molecule has 248 valence electrons. The third-order valence-electron chi connectivity index (χ3n) is 7.00. The van der Waals surface area contributed by atoms with Crippen molar-refractivity contribution < 1.29 is 56.2 Å². The average Bonchev–Trinajstić information content (AvgIpc) is 3.53. The van der Waals surface area contributed by atoms with Gasteiger partial charge in [0.15, 0.2) is 5.78 Å². The number of H-pyrrole nitrogens is 1. The molecule has 0 unspecified atom stereocenters. The third-order valence-corrected chi connectivity index (χ3v) is 7.00. The van der Waals surface area contributed by atoms with E-state index in [1.54, 1.807) is 6.08 Å². The van der Waals surface area contributed by atoms with Gasteiger partial charge >= 0.3 is 51.4 Å². The third kappa shape index (κ3) is 19.0. The van der Waals surface area contributed by atoms with E-state index in [0.717, 1.165) is 36.9 Å². The van der Waals surface area contributed by atoms with Gasteiger partial charge in [-0.15, -0.1) is 0 Å². The number of aromatic nitrogens is 2. The summed E-state index contributed by atoms with van der Waals surface area (Å²) in [5.74, 6) is 0.149. The minimum absolute atomic E-state index is 0. The fraction of sp³-hybridized carbons (Fsp3) is 0.333. The van der Waals surface area contributed by atoms with E-state index in [1.165, 1.54) is 33.2 Å². The quantitative estimate of drug-likeness (QED) is 0.0610. The molecule has 1 heterocycles. The number of aliphatic imine (C=N–C) groups is 1. The van der Waals surface area contributed by atoms with Gasteiger partial charge in [-0.25, -0.2) is 0 Å². The summed E-state index contributed by atoms with van der Waals surface area (Å²) in [5.41, 5.74) is 9.49. The van der Waals surface area contributed by atoms with Gasteiger partial charge < -0.3 is 0 Å². The van der Waals surface area contributed by atoms with Gasteiger partial charge in [0.2, 0.25) is 0 Å². The van der Waals surface area contributed by atoms with Gasteiger partial charge in [0.25, 0.3) is 0 Å². The molecule has 0 saturated heterocycles. The minimum atomic E-state index is 0. The maximum atomic E-state index is 11.2.